The molecule has 1 aromatic rings. The van der Waals surface area contributed by atoms with Crippen LogP contribution in [0, 0.1) is 5.41 Å². The minimum atomic E-state index is -0.181. The molecule has 1 fully saturated rings. The Morgan fingerprint density at radius 1 is 1.55 bits per heavy atom. The predicted molar refractivity (Wildman–Crippen MR) is 80.2 cm³/mol. The molecule has 20 heavy (non-hydrogen) atoms. The van der Waals surface area contributed by atoms with Crippen LogP contribution in [-0.2, 0) is 4.74 Å². The molecule has 110 valence electrons. The molecule has 1 saturated heterocycles. The van der Waals surface area contributed by atoms with E-state index < -0.39 is 0 Å². The monoisotopic (exact) mass is 342 g/mol. The van der Waals surface area contributed by atoms with Crippen LogP contribution in [0.15, 0.2) is 16.7 Å². The highest BCUT2D eigenvalue weighted by molar-refractivity contribution is 9.10. The number of anilines is 1. The standard InChI is InChI=1S/C13H19BrN4O2/c1-13(2-4-20-5-3-13)8-17-12(19)10-6-9(14)7-16-11(10)18-15/h6-7H,2-5,8,15H2,1H3,(H,16,18)(H,17,19). The quantitative estimate of drug-likeness (QED) is 0.572. The van der Waals surface area contributed by atoms with E-state index >= 15 is 0 Å². The van der Waals surface area contributed by atoms with Gasteiger partial charge in [0.2, 0.25) is 0 Å². The number of hydrogen-bond acceptors (Lipinski definition) is 5. The molecule has 4 N–H and O–H groups in total. The van der Waals surface area contributed by atoms with Crippen LogP contribution in [0.4, 0.5) is 5.82 Å². The molecule has 1 amide bonds. The molecular weight excluding hydrogens is 324 g/mol. The summed E-state index contributed by atoms with van der Waals surface area (Å²) >= 11 is 3.30. The first-order chi connectivity index (χ1) is 9.54. The zero-order valence-electron chi connectivity index (χ0n) is 11.4. The van der Waals surface area contributed by atoms with Crippen LogP contribution in [0.2, 0.25) is 0 Å². The van der Waals surface area contributed by atoms with E-state index in [-0.39, 0.29) is 11.3 Å². The first-order valence-corrected chi connectivity index (χ1v) is 7.31. The zero-order chi connectivity index (χ0) is 14.6. The molecule has 0 saturated carbocycles. The minimum absolute atomic E-state index is 0.0870. The summed E-state index contributed by atoms with van der Waals surface area (Å²) in [6.07, 6.45) is 3.49. The van der Waals surface area contributed by atoms with Crippen molar-refractivity contribution in [2.45, 2.75) is 19.8 Å². The summed E-state index contributed by atoms with van der Waals surface area (Å²) in [6.45, 7) is 4.28. The topological polar surface area (TPSA) is 89.3 Å². The fraction of sp³-hybridized carbons (Fsp3) is 0.538. The maximum atomic E-state index is 12.3. The van der Waals surface area contributed by atoms with Crippen LogP contribution in [0.25, 0.3) is 0 Å². The Kier molecular flexibility index (Phi) is 4.95. The van der Waals surface area contributed by atoms with E-state index in [0.717, 1.165) is 30.5 Å². The van der Waals surface area contributed by atoms with Gasteiger partial charge >= 0.3 is 0 Å². The second-order valence-corrected chi connectivity index (χ2v) is 6.22. The minimum Gasteiger partial charge on any atom is -0.381 e. The summed E-state index contributed by atoms with van der Waals surface area (Å²) in [4.78, 5) is 16.3. The number of amides is 1. The van der Waals surface area contributed by atoms with Crippen LogP contribution in [0.5, 0.6) is 0 Å². The lowest BCUT2D eigenvalue weighted by atomic mass is 9.82. The van der Waals surface area contributed by atoms with Crippen molar-refractivity contribution in [1.82, 2.24) is 10.3 Å². The largest absolute Gasteiger partial charge is 0.381 e. The molecular formula is C13H19BrN4O2. The fourth-order valence-electron chi connectivity index (χ4n) is 2.16. The summed E-state index contributed by atoms with van der Waals surface area (Å²) in [5, 5.41) is 2.96. The van der Waals surface area contributed by atoms with E-state index in [1.807, 2.05) is 0 Å². The van der Waals surface area contributed by atoms with Crippen molar-refractivity contribution in [2.24, 2.45) is 11.3 Å². The van der Waals surface area contributed by atoms with Crippen LogP contribution >= 0.6 is 15.9 Å². The maximum Gasteiger partial charge on any atom is 0.255 e. The van der Waals surface area contributed by atoms with Gasteiger partial charge in [-0.1, -0.05) is 6.92 Å². The smallest absolute Gasteiger partial charge is 0.255 e. The van der Waals surface area contributed by atoms with Gasteiger partial charge in [0.05, 0.1) is 5.56 Å². The predicted octanol–water partition coefficient (Wildman–Crippen LogP) is 1.68. The number of hydrazine groups is 1. The number of nitrogens with zero attached hydrogens (tertiary/aromatic N) is 1. The molecule has 1 aliphatic rings. The Bertz CT molecular complexity index is 489. The highest BCUT2D eigenvalue weighted by atomic mass is 79.9. The summed E-state index contributed by atoms with van der Waals surface area (Å²) in [5.74, 6) is 5.56. The van der Waals surface area contributed by atoms with Crippen molar-refractivity contribution >= 4 is 27.7 Å². The van der Waals surface area contributed by atoms with Crippen LogP contribution < -0.4 is 16.6 Å². The third-order valence-electron chi connectivity index (χ3n) is 3.61. The van der Waals surface area contributed by atoms with Gasteiger partial charge in [-0.25, -0.2) is 10.8 Å². The number of pyridine rings is 1. The molecule has 2 heterocycles. The van der Waals surface area contributed by atoms with Gasteiger partial charge in [0, 0.05) is 30.4 Å². The van der Waals surface area contributed by atoms with Gasteiger partial charge in [0.25, 0.3) is 5.91 Å². The Labute approximate surface area is 126 Å². The molecule has 1 aromatic heterocycles. The molecule has 1 aliphatic heterocycles. The summed E-state index contributed by atoms with van der Waals surface area (Å²) < 4.78 is 6.09. The average Bonchev–Trinajstić information content (AvgIpc) is 2.45. The van der Waals surface area contributed by atoms with Gasteiger partial charge in [-0.15, -0.1) is 0 Å². The maximum absolute atomic E-state index is 12.3. The fourth-order valence-corrected chi connectivity index (χ4v) is 2.49. The van der Waals surface area contributed by atoms with Gasteiger partial charge in [-0.3, -0.25) is 4.79 Å². The van der Waals surface area contributed by atoms with E-state index in [2.05, 4.69) is 38.6 Å². The van der Waals surface area contributed by atoms with Crippen LogP contribution in [-0.4, -0.2) is 30.6 Å². The lowest BCUT2D eigenvalue weighted by molar-refractivity contribution is 0.0238. The number of aromatic nitrogens is 1. The third-order valence-corrected chi connectivity index (χ3v) is 4.04. The summed E-state index contributed by atoms with van der Waals surface area (Å²) in [5.41, 5.74) is 2.95. The van der Waals surface area contributed by atoms with Crippen molar-refractivity contribution in [3.8, 4) is 0 Å². The van der Waals surface area contributed by atoms with E-state index in [1.165, 1.54) is 0 Å². The van der Waals surface area contributed by atoms with Gasteiger partial charge in [0.15, 0.2) is 5.82 Å². The number of ether oxygens (including phenoxy) is 1. The van der Waals surface area contributed by atoms with Crippen molar-refractivity contribution in [1.29, 1.82) is 0 Å². The molecule has 0 radical (unpaired) electrons. The van der Waals surface area contributed by atoms with E-state index in [4.69, 9.17) is 10.6 Å². The van der Waals surface area contributed by atoms with Gasteiger partial charge < -0.3 is 15.5 Å². The van der Waals surface area contributed by atoms with Crippen LogP contribution in [0.1, 0.15) is 30.1 Å². The number of rotatable bonds is 4. The van der Waals surface area contributed by atoms with Crippen molar-refractivity contribution in [3.05, 3.63) is 22.3 Å². The van der Waals surface area contributed by atoms with Crippen molar-refractivity contribution in [2.75, 3.05) is 25.2 Å². The molecule has 0 aliphatic carbocycles. The summed E-state index contributed by atoms with van der Waals surface area (Å²) in [6, 6.07) is 1.70. The SMILES string of the molecule is CC1(CNC(=O)c2cc(Br)cnc2NN)CCOCC1. The van der Waals surface area contributed by atoms with Crippen LogP contribution in [0.3, 0.4) is 0 Å². The number of nitrogen functional groups attached to an aromatic ring is 1. The van der Waals surface area contributed by atoms with E-state index in [1.54, 1.807) is 12.3 Å². The number of nitrogens with one attached hydrogen (secondary N) is 2. The van der Waals surface area contributed by atoms with Gasteiger partial charge in [-0.2, -0.15) is 0 Å². The van der Waals surface area contributed by atoms with Crippen molar-refractivity contribution in [3.63, 3.8) is 0 Å². The molecule has 2 rings (SSSR count). The number of carbonyl (C=O) groups is 1. The zero-order valence-corrected chi connectivity index (χ0v) is 13.0. The molecule has 0 atom stereocenters. The molecule has 6 nitrogen and oxygen atoms in total. The molecule has 0 bridgehead atoms. The highest BCUT2D eigenvalue weighted by Gasteiger charge is 2.28. The molecule has 0 spiro atoms. The van der Waals surface area contributed by atoms with E-state index in [0.29, 0.717) is 17.9 Å². The third kappa shape index (κ3) is 3.68. The first-order valence-electron chi connectivity index (χ1n) is 6.52. The Morgan fingerprint density at radius 3 is 2.90 bits per heavy atom. The Hall–Kier alpha value is -1.18. The Balaban J connectivity index is 2.03. The van der Waals surface area contributed by atoms with Crippen molar-refractivity contribution < 1.29 is 9.53 Å². The molecule has 7 heteroatoms. The number of hydrogen-bond donors (Lipinski definition) is 3. The molecule has 0 unspecified atom stereocenters. The number of nitrogens with two attached hydrogens (primary N) is 1. The number of carbonyl (C=O) groups excluding carboxylic acids is 1. The first kappa shape index (κ1) is 15.2. The lowest BCUT2D eigenvalue weighted by Gasteiger charge is -2.33. The second-order valence-electron chi connectivity index (χ2n) is 5.30. The Morgan fingerprint density at radius 2 is 2.25 bits per heavy atom. The second kappa shape index (κ2) is 6.51. The van der Waals surface area contributed by atoms with Gasteiger partial charge in [-0.05, 0) is 40.3 Å². The van der Waals surface area contributed by atoms with Gasteiger partial charge in [0.1, 0.15) is 0 Å². The lowest BCUT2D eigenvalue weighted by Crippen LogP contribution is -2.39. The number of halogens is 1. The van der Waals surface area contributed by atoms with E-state index in [9.17, 15) is 4.79 Å². The highest BCUT2D eigenvalue weighted by Crippen LogP contribution is 2.29. The average molecular weight is 343 g/mol. The summed E-state index contributed by atoms with van der Waals surface area (Å²) in [7, 11) is 0. The normalized spacial score (nSPS) is 17.6. The molecule has 0 aromatic carbocycles.